The van der Waals surface area contributed by atoms with Crippen LogP contribution < -0.4 is 15.0 Å². The second-order valence-electron chi connectivity index (χ2n) is 8.37. The second-order valence-corrected chi connectivity index (χ2v) is 8.37. The number of rotatable bonds is 6. The van der Waals surface area contributed by atoms with Crippen LogP contribution in [0.5, 0.6) is 5.88 Å². The van der Waals surface area contributed by atoms with E-state index in [2.05, 4.69) is 51.6 Å². The third kappa shape index (κ3) is 4.89. The zero-order valence-corrected chi connectivity index (χ0v) is 17.4. The number of pyridine rings is 1. The van der Waals surface area contributed by atoms with Crippen molar-refractivity contribution in [3.05, 3.63) is 53.7 Å². The molecule has 2 aliphatic rings. The molecule has 1 saturated carbocycles. The molecule has 0 spiro atoms. The lowest BCUT2D eigenvalue weighted by atomic mass is 9.88. The van der Waals surface area contributed by atoms with Crippen molar-refractivity contribution in [3.63, 3.8) is 0 Å². The van der Waals surface area contributed by atoms with Gasteiger partial charge < -0.3 is 15.0 Å². The zero-order chi connectivity index (χ0) is 20.2. The Labute approximate surface area is 173 Å². The van der Waals surface area contributed by atoms with Crippen molar-refractivity contribution >= 4 is 11.6 Å². The van der Waals surface area contributed by atoms with Crippen LogP contribution in [0, 0.1) is 0 Å². The van der Waals surface area contributed by atoms with Gasteiger partial charge in [-0.2, -0.15) is 0 Å². The monoisotopic (exact) mass is 393 g/mol. The van der Waals surface area contributed by atoms with E-state index in [1.807, 2.05) is 13.1 Å². The van der Waals surface area contributed by atoms with Crippen LogP contribution in [0.4, 0.5) is 5.69 Å². The number of nitrogens with one attached hydrogen (secondary N) is 1. The highest BCUT2D eigenvalue weighted by Crippen LogP contribution is 2.32. The highest BCUT2D eigenvalue weighted by Gasteiger charge is 2.23. The first-order valence-electron chi connectivity index (χ1n) is 10.8. The molecule has 1 amide bonds. The maximum atomic E-state index is 11.3. The molecule has 29 heavy (non-hydrogen) atoms. The van der Waals surface area contributed by atoms with Crippen molar-refractivity contribution in [3.8, 4) is 5.88 Å². The van der Waals surface area contributed by atoms with Gasteiger partial charge in [-0.3, -0.25) is 4.79 Å². The standard InChI is InChI=1S/C24H31N3O2/c1-17(26-18(2)28)19-6-8-20(9-7-19)21-11-14-27(15-12-21)22-10-13-25-24(16-22)29-23-4-3-5-23/h6-10,13,16-17,21,23H,3-5,11-12,14-15H2,1-2H3,(H,26,28)/t17-/m0/s1. The van der Waals surface area contributed by atoms with Crippen LogP contribution >= 0.6 is 0 Å². The Morgan fingerprint density at radius 3 is 2.48 bits per heavy atom. The van der Waals surface area contributed by atoms with Gasteiger partial charge in [0.15, 0.2) is 0 Å². The lowest BCUT2D eigenvalue weighted by Gasteiger charge is -2.34. The highest BCUT2D eigenvalue weighted by atomic mass is 16.5. The summed E-state index contributed by atoms with van der Waals surface area (Å²) in [6, 6.07) is 13.0. The number of anilines is 1. The lowest BCUT2D eigenvalue weighted by Crippen LogP contribution is -2.33. The SMILES string of the molecule is CC(=O)N[C@@H](C)c1ccc(C2CCN(c3ccnc(OC4CCC4)c3)CC2)cc1. The van der Waals surface area contributed by atoms with Crippen molar-refractivity contribution in [2.75, 3.05) is 18.0 Å². The number of carbonyl (C=O) groups excluding carboxylic acids is 1. The smallest absolute Gasteiger partial charge is 0.217 e. The predicted molar refractivity (Wildman–Crippen MR) is 115 cm³/mol. The first-order chi connectivity index (χ1) is 14.1. The van der Waals surface area contributed by atoms with E-state index in [1.54, 1.807) is 6.92 Å². The van der Waals surface area contributed by atoms with E-state index in [1.165, 1.54) is 17.7 Å². The fraction of sp³-hybridized carbons (Fsp3) is 0.500. The first kappa shape index (κ1) is 19.7. The molecule has 5 nitrogen and oxygen atoms in total. The molecule has 2 heterocycles. The predicted octanol–water partition coefficient (Wildman–Crippen LogP) is 4.59. The van der Waals surface area contributed by atoms with Gasteiger partial charge in [0.2, 0.25) is 11.8 Å². The van der Waals surface area contributed by atoms with E-state index in [9.17, 15) is 4.79 Å². The normalized spacial score (nSPS) is 18.8. The van der Waals surface area contributed by atoms with Crippen molar-refractivity contribution in [1.82, 2.24) is 10.3 Å². The molecule has 1 aromatic heterocycles. The van der Waals surface area contributed by atoms with Gasteiger partial charge in [-0.1, -0.05) is 24.3 Å². The number of amides is 1. The zero-order valence-electron chi connectivity index (χ0n) is 17.4. The van der Waals surface area contributed by atoms with Crippen LogP contribution in [-0.2, 0) is 4.79 Å². The summed E-state index contributed by atoms with van der Waals surface area (Å²) in [5.74, 6) is 1.36. The molecule has 0 radical (unpaired) electrons. The fourth-order valence-corrected chi connectivity index (χ4v) is 4.24. The summed E-state index contributed by atoms with van der Waals surface area (Å²) in [6.07, 6.45) is 8.08. The molecule has 1 aromatic carbocycles. The van der Waals surface area contributed by atoms with E-state index in [0.717, 1.165) is 50.2 Å². The van der Waals surface area contributed by atoms with Crippen molar-refractivity contribution in [2.45, 2.75) is 64.0 Å². The second kappa shape index (κ2) is 8.85. The number of piperidine rings is 1. The highest BCUT2D eigenvalue weighted by molar-refractivity contribution is 5.73. The Bertz CT molecular complexity index is 824. The summed E-state index contributed by atoms with van der Waals surface area (Å²) >= 11 is 0. The molecule has 2 aromatic rings. The summed E-state index contributed by atoms with van der Waals surface area (Å²) in [5.41, 5.74) is 3.76. The molecule has 154 valence electrons. The summed E-state index contributed by atoms with van der Waals surface area (Å²) in [5, 5.41) is 2.94. The molecule has 1 atom stereocenters. The number of nitrogens with zero attached hydrogens (tertiary/aromatic N) is 2. The van der Waals surface area contributed by atoms with Crippen molar-refractivity contribution in [1.29, 1.82) is 0 Å². The van der Waals surface area contributed by atoms with Crippen LogP contribution in [0.1, 0.15) is 69.0 Å². The average molecular weight is 394 g/mol. The number of benzene rings is 1. The number of hydrogen-bond donors (Lipinski definition) is 1. The molecular formula is C24H31N3O2. The molecular weight excluding hydrogens is 362 g/mol. The molecule has 0 unspecified atom stereocenters. The first-order valence-corrected chi connectivity index (χ1v) is 10.8. The van der Waals surface area contributed by atoms with E-state index < -0.39 is 0 Å². The fourth-order valence-electron chi connectivity index (χ4n) is 4.24. The number of aromatic nitrogens is 1. The van der Waals surface area contributed by atoms with Crippen LogP contribution in [0.2, 0.25) is 0 Å². The quantitative estimate of drug-likeness (QED) is 0.780. The molecule has 1 saturated heterocycles. The number of hydrogen-bond acceptors (Lipinski definition) is 4. The third-order valence-electron chi connectivity index (χ3n) is 6.25. The molecule has 0 bridgehead atoms. The molecule has 1 aliphatic heterocycles. The van der Waals surface area contributed by atoms with Crippen LogP contribution in [0.15, 0.2) is 42.6 Å². The summed E-state index contributed by atoms with van der Waals surface area (Å²) in [6.45, 7) is 5.67. The Morgan fingerprint density at radius 2 is 1.86 bits per heavy atom. The molecule has 1 aliphatic carbocycles. The van der Waals surface area contributed by atoms with Crippen LogP contribution in [-0.4, -0.2) is 30.1 Å². The van der Waals surface area contributed by atoms with E-state index >= 15 is 0 Å². The van der Waals surface area contributed by atoms with Gasteiger partial charge in [-0.05, 0) is 62.1 Å². The van der Waals surface area contributed by atoms with E-state index in [-0.39, 0.29) is 11.9 Å². The van der Waals surface area contributed by atoms with Gasteiger partial charge in [0, 0.05) is 38.0 Å². The lowest BCUT2D eigenvalue weighted by molar-refractivity contribution is -0.119. The van der Waals surface area contributed by atoms with Crippen LogP contribution in [0.25, 0.3) is 0 Å². The van der Waals surface area contributed by atoms with Gasteiger partial charge in [0.05, 0.1) is 6.04 Å². The van der Waals surface area contributed by atoms with Gasteiger partial charge in [0.1, 0.15) is 6.10 Å². The number of carbonyl (C=O) groups is 1. The third-order valence-corrected chi connectivity index (χ3v) is 6.25. The Kier molecular flexibility index (Phi) is 6.02. The summed E-state index contributed by atoms with van der Waals surface area (Å²) in [4.78, 5) is 18.1. The molecule has 4 rings (SSSR count). The van der Waals surface area contributed by atoms with Crippen molar-refractivity contribution in [2.24, 2.45) is 0 Å². The van der Waals surface area contributed by atoms with E-state index in [0.29, 0.717) is 12.0 Å². The van der Waals surface area contributed by atoms with Crippen molar-refractivity contribution < 1.29 is 9.53 Å². The molecule has 5 heteroatoms. The van der Waals surface area contributed by atoms with Gasteiger partial charge in [0.25, 0.3) is 0 Å². The minimum absolute atomic E-state index is 0.00584. The molecule has 2 fully saturated rings. The minimum atomic E-state index is 0.00584. The minimum Gasteiger partial charge on any atom is -0.474 e. The number of ether oxygens (including phenoxy) is 1. The molecule has 1 N–H and O–H groups in total. The van der Waals surface area contributed by atoms with E-state index in [4.69, 9.17) is 4.74 Å². The Morgan fingerprint density at radius 1 is 1.14 bits per heavy atom. The average Bonchev–Trinajstić information content (AvgIpc) is 2.71. The van der Waals surface area contributed by atoms with Gasteiger partial charge >= 0.3 is 0 Å². The maximum absolute atomic E-state index is 11.3. The van der Waals surface area contributed by atoms with Gasteiger partial charge in [-0.15, -0.1) is 0 Å². The van der Waals surface area contributed by atoms with Gasteiger partial charge in [-0.25, -0.2) is 4.98 Å². The largest absolute Gasteiger partial charge is 0.474 e. The Hall–Kier alpha value is -2.56. The topological polar surface area (TPSA) is 54.5 Å². The van der Waals surface area contributed by atoms with Crippen LogP contribution in [0.3, 0.4) is 0 Å². The maximum Gasteiger partial charge on any atom is 0.217 e. The summed E-state index contributed by atoms with van der Waals surface area (Å²) in [7, 11) is 0. The Balaban J connectivity index is 1.33. The summed E-state index contributed by atoms with van der Waals surface area (Å²) < 4.78 is 5.96.